The van der Waals surface area contributed by atoms with Gasteiger partial charge in [-0.05, 0) is 76.6 Å². The van der Waals surface area contributed by atoms with Crippen molar-refractivity contribution in [1.82, 2.24) is 4.90 Å². The van der Waals surface area contributed by atoms with Crippen LogP contribution in [0.15, 0.2) is 12.1 Å². The van der Waals surface area contributed by atoms with Gasteiger partial charge in [-0.2, -0.15) is 0 Å². The Balaban J connectivity index is 2.01. The van der Waals surface area contributed by atoms with E-state index in [4.69, 9.17) is 14.2 Å². The van der Waals surface area contributed by atoms with E-state index in [-0.39, 0.29) is 12.4 Å². The Hall–Kier alpha value is -1.79. The van der Waals surface area contributed by atoms with Gasteiger partial charge in [-0.3, -0.25) is 4.79 Å². The number of carbonyl (C=O) groups is 1. The first kappa shape index (κ1) is 23.5. The van der Waals surface area contributed by atoms with Crippen LogP contribution in [0.2, 0.25) is 0 Å². The minimum absolute atomic E-state index is 0.0350. The van der Waals surface area contributed by atoms with Gasteiger partial charge in [-0.1, -0.05) is 6.92 Å². The second-order valence-corrected chi connectivity index (χ2v) is 8.03. The summed E-state index contributed by atoms with van der Waals surface area (Å²) < 4.78 is 17.4. The molecule has 0 saturated carbocycles. The van der Waals surface area contributed by atoms with Crippen LogP contribution in [-0.2, 0) is 11.2 Å². The molecule has 1 aliphatic rings. The van der Waals surface area contributed by atoms with Gasteiger partial charge in [0.2, 0.25) is 0 Å². The lowest BCUT2D eigenvalue weighted by Crippen LogP contribution is -2.34. The van der Waals surface area contributed by atoms with E-state index in [1.54, 1.807) is 14.0 Å². The molecule has 6 heteroatoms. The molecule has 0 aromatic heterocycles. The number of likely N-dealkylation sites (tertiary alicyclic amines) is 1. The predicted molar refractivity (Wildman–Crippen MR) is 114 cm³/mol. The third-order valence-electron chi connectivity index (χ3n) is 5.58. The van der Waals surface area contributed by atoms with Crippen LogP contribution in [-0.4, -0.2) is 61.9 Å². The van der Waals surface area contributed by atoms with Crippen LogP contribution in [0.5, 0.6) is 17.2 Å². The van der Waals surface area contributed by atoms with Gasteiger partial charge in [0, 0.05) is 19.2 Å². The number of piperidine rings is 1. The molecule has 29 heavy (non-hydrogen) atoms. The first-order valence-electron chi connectivity index (χ1n) is 10.8. The lowest BCUT2D eigenvalue weighted by atomic mass is 9.99. The van der Waals surface area contributed by atoms with E-state index in [0.717, 1.165) is 24.4 Å². The Kier molecular flexibility index (Phi) is 9.74. The van der Waals surface area contributed by atoms with Crippen LogP contribution in [0.1, 0.15) is 52.0 Å². The Morgan fingerprint density at radius 2 is 1.93 bits per heavy atom. The van der Waals surface area contributed by atoms with Crippen LogP contribution in [0.25, 0.3) is 0 Å². The summed E-state index contributed by atoms with van der Waals surface area (Å²) in [5.74, 6) is 2.69. The van der Waals surface area contributed by atoms with Gasteiger partial charge in [-0.25, -0.2) is 0 Å². The summed E-state index contributed by atoms with van der Waals surface area (Å²) in [6, 6.07) is 3.70. The van der Waals surface area contributed by atoms with Gasteiger partial charge < -0.3 is 24.2 Å². The molecule has 0 aliphatic carbocycles. The predicted octanol–water partition coefficient (Wildman–Crippen LogP) is 3.48. The minimum atomic E-state index is -0.536. The van der Waals surface area contributed by atoms with Crippen molar-refractivity contribution in [2.45, 2.75) is 59.0 Å². The Labute approximate surface area is 175 Å². The van der Waals surface area contributed by atoms with Crippen molar-refractivity contribution in [2.75, 3.05) is 40.0 Å². The number of carbonyl (C=O) groups excluding carboxylic acids is 1. The fraction of sp³-hybridized carbons (Fsp3) is 0.696. The molecule has 1 N–H and O–H groups in total. The normalized spacial score (nSPS) is 16.4. The number of hydrogen-bond donors (Lipinski definition) is 1. The number of ketones is 1. The van der Waals surface area contributed by atoms with Crippen LogP contribution in [0, 0.1) is 5.92 Å². The molecule has 1 heterocycles. The van der Waals surface area contributed by atoms with Crippen LogP contribution in [0.3, 0.4) is 0 Å². The maximum absolute atomic E-state index is 11.6. The van der Waals surface area contributed by atoms with Gasteiger partial charge >= 0.3 is 0 Å². The highest BCUT2D eigenvalue weighted by Crippen LogP contribution is 2.36. The molecule has 1 saturated heterocycles. The number of aliphatic hydroxyl groups excluding tert-OH is 1. The van der Waals surface area contributed by atoms with E-state index >= 15 is 0 Å². The summed E-state index contributed by atoms with van der Waals surface area (Å²) in [5, 5.41) is 9.18. The maximum atomic E-state index is 11.6. The van der Waals surface area contributed by atoms with Crippen molar-refractivity contribution >= 4 is 5.78 Å². The van der Waals surface area contributed by atoms with Gasteiger partial charge in [-0.15, -0.1) is 0 Å². The third-order valence-corrected chi connectivity index (χ3v) is 5.58. The molecule has 2 rings (SSSR count). The highest BCUT2D eigenvalue weighted by molar-refractivity contribution is 5.80. The van der Waals surface area contributed by atoms with Gasteiger partial charge in [0.1, 0.15) is 5.75 Å². The Bertz CT molecular complexity index is 640. The number of aliphatic hydroxyl groups is 1. The van der Waals surface area contributed by atoms with Crippen LogP contribution < -0.4 is 14.2 Å². The van der Waals surface area contributed by atoms with E-state index in [2.05, 4.69) is 11.8 Å². The molecule has 1 unspecified atom stereocenters. The molecular formula is C23H37NO5. The Morgan fingerprint density at radius 3 is 2.55 bits per heavy atom. The van der Waals surface area contributed by atoms with E-state index in [9.17, 15) is 9.90 Å². The van der Waals surface area contributed by atoms with E-state index < -0.39 is 6.10 Å². The summed E-state index contributed by atoms with van der Waals surface area (Å²) >= 11 is 0. The number of ether oxygens (including phenoxy) is 3. The maximum Gasteiger partial charge on any atom is 0.169 e. The fourth-order valence-corrected chi connectivity index (χ4v) is 3.46. The quantitative estimate of drug-likeness (QED) is 0.535. The van der Waals surface area contributed by atoms with Crippen molar-refractivity contribution in [3.8, 4) is 17.2 Å². The van der Waals surface area contributed by atoms with E-state index in [1.807, 2.05) is 12.1 Å². The Morgan fingerprint density at radius 1 is 1.21 bits per heavy atom. The van der Waals surface area contributed by atoms with Crippen molar-refractivity contribution in [3.05, 3.63) is 17.7 Å². The topological polar surface area (TPSA) is 68.2 Å². The number of hydrogen-bond acceptors (Lipinski definition) is 6. The number of Topliss-reactive ketones (excluding diaryl/α,β-unsaturated/α-hetero) is 1. The molecular weight excluding hydrogens is 370 g/mol. The molecule has 0 radical (unpaired) electrons. The highest BCUT2D eigenvalue weighted by atomic mass is 16.5. The number of aryl methyl sites for hydroxylation is 1. The monoisotopic (exact) mass is 407 g/mol. The van der Waals surface area contributed by atoms with E-state index in [1.165, 1.54) is 32.9 Å². The molecule has 1 aliphatic heterocycles. The zero-order chi connectivity index (χ0) is 21.2. The van der Waals surface area contributed by atoms with Gasteiger partial charge in [0.25, 0.3) is 0 Å². The second-order valence-electron chi connectivity index (χ2n) is 8.03. The number of rotatable bonds is 12. The number of methoxy groups -OCH3 is 1. The lowest BCUT2D eigenvalue weighted by Gasteiger charge is -2.30. The van der Waals surface area contributed by atoms with Crippen LogP contribution >= 0.6 is 0 Å². The summed E-state index contributed by atoms with van der Waals surface area (Å²) in [7, 11) is 1.62. The standard InChI is InChI=1S/C23H37NO5/c1-17-8-11-24(12-9-17)10-6-14-28-23-16-21(29-19(3)18(2)26)20(7-5-13-25)15-22(23)27-4/h15-17,19,25H,5-14H2,1-4H3. The smallest absolute Gasteiger partial charge is 0.169 e. The number of nitrogens with zero attached hydrogens (tertiary/aromatic N) is 1. The molecule has 0 amide bonds. The molecule has 1 aromatic rings. The van der Waals surface area contributed by atoms with Crippen molar-refractivity contribution < 1.29 is 24.1 Å². The van der Waals surface area contributed by atoms with Gasteiger partial charge in [0.15, 0.2) is 23.4 Å². The molecule has 6 nitrogen and oxygen atoms in total. The third kappa shape index (κ3) is 7.52. The average molecular weight is 408 g/mol. The lowest BCUT2D eigenvalue weighted by molar-refractivity contribution is -0.122. The first-order chi connectivity index (χ1) is 13.9. The van der Waals surface area contributed by atoms with E-state index in [0.29, 0.717) is 36.7 Å². The zero-order valence-electron chi connectivity index (χ0n) is 18.4. The van der Waals surface area contributed by atoms with Crippen molar-refractivity contribution in [1.29, 1.82) is 0 Å². The zero-order valence-corrected chi connectivity index (χ0v) is 18.4. The summed E-state index contributed by atoms with van der Waals surface area (Å²) in [6.45, 7) is 9.65. The number of benzene rings is 1. The van der Waals surface area contributed by atoms with Gasteiger partial charge in [0.05, 0.1) is 13.7 Å². The summed E-state index contributed by atoms with van der Waals surface area (Å²) in [6.07, 6.45) is 4.22. The molecule has 164 valence electrons. The molecule has 1 fully saturated rings. The summed E-state index contributed by atoms with van der Waals surface area (Å²) in [4.78, 5) is 14.1. The summed E-state index contributed by atoms with van der Waals surface area (Å²) in [5.41, 5.74) is 0.902. The first-order valence-corrected chi connectivity index (χ1v) is 10.8. The van der Waals surface area contributed by atoms with Crippen molar-refractivity contribution in [3.63, 3.8) is 0 Å². The SMILES string of the molecule is COc1cc(CCCO)c(OC(C)C(C)=O)cc1OCCCN1CCC(C)CC1. The largest absolute Gasteiger partial charge is 0.493 e. The fourth-order valence-electron chi connectivity index (χ4n) is 3.46. The highest BCUT2D eigenvalue weighted by Gasteiger charge is 2.18. The van der Waals surface area contributed by atoms with Crippen molar-refractivity contribution in [2.24, 2.45) is 5.92 Å². The molecule has 1 aromatic carbocycles. The molecule has 0 bridgehead atoms. The van der Waals surface area contributed by atoms with Crippen LogP contribution in [0.4, 0.5) is 0 Å². The molecule has 0 spiro atoms. The molecule has 1 atom stereocenters. The second kappa shape index (κ2) is 12.0. The minimum Gasteiger partial charge on any atom is -0.493 e. The average Bonchev–Trinajstić information content (AvgIpc) is 2.71.